The average Bonchev–Trinajstić information content (AvgIpc) is 2.44. The molecule has 0 aliphatic rings. The van der Waals surface area contributed by atoms with E-state index >= 15 is 0 Å². The van der Waals surface area contributed by atoms with Gasteiger partial charge in [-0.15, -0.1) is 0 Å². The number of carbonyl (C=O) groups is 1. The minimum Gasteiger partial charge on any atom is -0.504 e. The molecule has 7 nitrogen and oxygen atoms in total. The summed E-state index contributed by atoms with van der Waals surface area (Å²) in [6, 6.07) is 6.91. The highest BCUT2D eigenvalue weighted by Gasteiger charge is 2.19. The van der Waals surface area contributed by atoms with Crippen LogP contribution in [0, 0.1) is 0 Å². The number of rotatable bonds is 7. The van der Waals surface area contributed by atoms with Crippen molar-refractivity contribution in [3.05, 3.63) is 41.7 Å². The first-order valence-corrected chi connectivity index (χ1v) is 8.21. The average molecular weight is 326 g/mol. The zero-order chi connectivity index (χ0) is 16.6. The lowest BCUT2D eigenvalue weighted by Crippen LogP contribution is -2.30. The molecule has 0 bridgehead atoms. The number of hydrogen-bond acceptors (Lipinski definition) is 6. The third kappa shape index (κ3) is 5.57. The van der Waals surface area contributed by atoms with Gasteiger partial charge in [0.1, 0.15) is 6.61 Å². The van der Waals surface area contributed by atoms with Crippen molar-refractivity contribution in [2.24, 2.45) is 5.16 Å². The highest BCUT2D eigenvalue weighted by molar-refractivity contribution is 7.89. The lowest BCUT2D eigenvalue weighted by atomic mass is 10.0. The highest BCUT2D eigenvalue weighted by Crippen LogP contribution is 2.21. The van der Waals surface area contributed by atoms with Gasteiger partial charge in [-0.2, -0.15) is 0 Å². The number of sulfonamides is 1. The van der Waals surface area contributed by atoms with Gasteiger partial charge in [-0.3, -0.25) is 4.79 Å². The first-order valence-electron chi connectivity index (χ1n) is 6.32. The molecule has 22 heavy (non-hydrogen) atoms. The first kappa shape index (κ1) is 17.7. The number of methoxy groups -OCH3 is 1. The maximum absolute atomic E-state index is 12.1. The van der Waals surface area contributed by atoms with Gasteiger partial charge in [0.25, 0.3) is 5.91 Å². The molecule has 120 valence electrons. The number of amides is 1. The molecule has 0 aliphatic carbocycles. The molecular weight excluding hydrogens is 308 g/mol. The predicted octanol–water partition coefficient (Wildman–Crippen LogP) is 1.27. The molecule has 0 heterocycles. The van der Waals surface area contributed by atoms with E-state index < -0.39 is 15.9 Å². The normalized spacial score (nSPS) is 12.2. The molecule has 1 aromatic carbocycles. The molecule has 0 aliphatic heterocycles. The molecular formula is C14H18N2O5S. The minimum atomic E-state index is -3.68. The van der Waals surface area contributed by atoms with Crippen LogP contribution < -0.4 is 4.72 Å². The number of carbonyl (C=O) groups excluding carboxylic acids is 1. The molecule has 0 saturated heterocycles. The molecule has 0 spiro atoms. The van der Waals surface area contributed by atoms with E-state index in [0.29, 0.717) is 11.1 Å². The summed E-state index contributed by atoms with van der Waals surface area (Å²) in [7, 11) is -2.31. The second kappa shape index (κ2) is 8.18. The highest BCUT2D eigenvalue weighted by atomic mass is 32.2. The van der Waals surface area contributed by atoms with Crippen LogP contribution in [0.4, 0.5) is 0 Å². The van der Waals surface area contributed by atoms with Crippen LogP contribution in [0.1, 0.15) is 18.1 Å². The fourth-order valence-corrected chi connectivity index (χ4v) is 2.12. The topological polar surface area (TPSA) is 94.1 Å². The molecule has 8 heteroatoms. The Bertz CT molecular complexity index is 680. The Morgan fingerprint density at radius 2 is 2.05 bits per heavy atom. The van der Waals surface area contributed by atoms with Crippen molar-refractivity contribution in [3.63, 3.8) is 0 Å². The van der Waals surface area contributed by atoms with E-state index in [1.165, 1.54) is 19.6 Å². The summed E-state index contributed by atoms with van der Waals surface area (Å²) >= 11 is 0. The van der Waals surface area contributed by atoms with Crippen LogP contribution in [0.3, 0.4) is 0 Å². The quantitative estimate of drug-likeness (QED) is 0.352. The second-order valence-corrected chi connectivity index (χ2v) is 6.01. The van der Waals surface area contributed by atoms with Gasteiger partial charge in [0.2, 0.25) is 10.0 Å². The number of ether oxygens (including phenoxy) is 1. The lowest BCUT2D eigenvalue weighted by molar-refractivity contribution is -0.114. The van der Waals surface area contributed by atoms with E-state index in [4.69, 9.17) is 9.57 Å². The third-order valence-corrected chi connectivity index (χ3v) is 3.02. The summed E-state index contributed by atoms with van der Waals surface area (Å²) in [5.41, 5.74) is 1.24. The van der Waals surface area contributed by atoms with Crippen LogP contribution in [0.2, 0.25) is 0 Å². The fraction of sp³-hybridized carbons (Fsp3) is 0.286. The number of oxime groups is 1. The monoisotopic (exact) mass is 326 g/mol. The summed E-state index contributed by atoms with van der Waals surface area (Å²) in [4.78, 5) is 17.2. The fourth-order valence-electron chi connectivity index (χ4n) is 1.67. The Morgan fingerprint density at radius 3 is 2.64 bits per heavy atom. The maximum atomic E-state index is 12.1. The zero-order valence-corrected chi connectivity index (χ0v) is 13.4. The van der Waals surface area contributed by atoms with Crippen LogP contribution >= 0.6 is 0 Å². The number of nitrogens with zero attached hydrogens (tertiary/aromatic N) is 1. The van der Waals surface area contributed by atoms with Crippen molar-refractivity contribution in [1.29, 1.82) is 0 Å². The molecule has 1 aromatic rings. The summed E-state index contributed by atoms with van der Waals surface area (Å²) in [5, 5.41) is 3.65. The van der Waals surface area contributed by atoms with Gasteiger partial charge in [0.15, 0.2) is 0 Å². The molecule has 0 fully saturated rings. The summed E-state index contributed by atoms with van der Waals surface area (Å²) in [6.45, 7) is 1.84. The Kier molecular flexibility index (Phi) is 6.58. The predicted molar refractivity (Wildman–Crippen MR) is 83.4 cm³/mol. The van der Waals surface area contributed by atoms with Crippen molar-refractivity contribution in [1.82, 2.24) is 4.72 Å². The largest absolute Gasteiger partial charge is 0.504 e. The van der Waals surface area contributed by atoms with Crippen molar-refractivity contribution >= 4 is 27.7 Å². The number of hydrogen-bond donors (Lipinski definition) is 1. The standard InChI is InChI=1S/C14H18N2O5S/c1-4-15-21-9-11-7-5-6-8-12(11)13(10-20-2)14(17)16-22(3,18)19/h4-8,10H,9H2,1-3H3,(H,16,17)/b13-10+,15-4-. The van der Waals surface area contributed by atoms with Crippen molar-refractivity contribution in [2.75, 3.05) is 13.4 Å². The van der Waals surface area contributed by atoms with Crippen LogP contribution in [0.25, 0.3) is 5.57 Å². The van der Waals surface area contributed by atoms with Gasteiger partial charge in [0.05, 0.1) is 25.2 Å². The molecule has 1 amide bonds. The SMILES string of the molecule is C/C=N\OCc1ccccc1/C(=C\OC)C(=O)NS(C)(=O)=O. The van der Waals surface area contributed by atoms with E-state index in [-0.39, 0.29) is 12.2 Å². The van der Waals surface area contributed by atoms with Gasteiger partial charge in [-0.05, 0) is 12.5 Å². The Balaban J connectivity index is 3.17. The number of nitrogens with one attached hydrogen (secondary N) is 1. The van der Waals surface area contributed by atoms with Crippen LogP contribution in [-0.4, -0.2) is 33.9 Å². The van der Waals surface area contributed by atoms with Gasteiger partial charge >= 0.3 is 0 Å². The molecule has 0 atom stereocenters. The molecule has 0 saturated carbocycles. The van der Waals surface area contributed by atoms with Crippen molar-refractivity contribution in [3.8, 4) is 0 Å². The Morgan fingerprint density at radius 1 is 1.36 bits per heavy atom. The minimum absolute atomic E-state index is 0.0765. The number of benzene rings is 1. The first-order chi connectivity index (χ1) is 10.4. The summed E-state index contributed by atoms with van der Waals surface area (Å²) < 4.78 is 29.3. The zero-order valence-electron chi connectivity index (χ0n) is 12.6. The van der Waals surface area contributed by atoms with E-state index in [2.05, 4.69) is 5.16 Å². The third-order valence-electron chi connectivity index (χ3n) is 2.47. The smallest absolute Gasteiger partial charge is 0.268 e. The van der Waals surface area contributed by atoms with Gasteiger partial charge in [-0.25, -0.2) is 13.1 Å². The Labute approximate surface area is 129 Å². The second-order valence-electron chi connectivity index (χ2n) is 4.26. The molecule has 1 rings (SSSR count). The van der Waals surface area contributed by atoms with Gasteiger partial charge in [0, 0.05) is 11.8 Å². The molecule has 0 radical (unpaired) electrons. The van der Waals surface area contributed by atoms with E-state index in [0.717, 1.165) is 6.26 Å². The maximum Gasteiger partial charge on any atom is 0.268 e. The molecule has 1 N–H and O–H groups in total. The van der Waals surface area contributed by atoms with E-state index in [9.17, 15) is 13.2 Å². The molecule has 0 aromatic heterocycles. The van der Waals surface area contributed by atoms with Crippen LogP contribution in [0.5, 0.6) is 0 Å². The Hall–Kier alpha value is -2.35. The van der Waals surface area contributed by atoms with Crippen molar-refractivity contribution < 1.29 is 22.8 Å². The van der Waals surface area contributed by atoms with E-state index in [1.54, 1.807) is 31.2 Å². The van der Waals surface area contributed by atoms with E-state index in [1.807, 2.05) is 4.72 Å². The van der Waals surface area contributed by atoms with Gasteiger partial charge < -0.3 is 9.57 Å². The van der Waals surface area contributed by atoms with Gasteiger partial charge in [-0.1, -0.05) is 29.4 Å². The summed E-state index contributed by atoms with van der Waals surface area (Å²) in [5.74, 6) is -0.782. The lowest BCUT2D eigenvalue weighted by Gasteiger charge is -2.12. The van der Waals surface area contributed by atoms with Crippen LogP contribution in [0.15, 0.2) is 35.7 Å². The summed E-state index contributed by atoms with van der Waals surface area (Å²) in [6.07, 6.45) is 3.58. The van der Waals surface area contributed by atoms with Crippen molar-refractivity contribution in [2.45, 2.75) is 13.5 Å². The van der Waals surface area contributed by atoms with Crippen LogP contribution in [-0.2, 0) is 31.0 Å². The molecule has 0 unspecified atom stereocenters.